The third-order valence-electron chi connectivity index (χ3n) is 4.61. The van der Waals surface area contributed by atoms with Gasteiger partial charge in [0.05, 0.1) is 17.2 Å². The van der Waals surface area contributed by atoms with Crippen molar-refractivity contribution >= 4 is 22.9 Å². The summed E-state index contributed by atoms with van der Waals surface area (Å²) in [6, 6.07) is 18.5. The normalized spacial score (nSPS) is 15.9. The Balaban J connectivity index is 1.33. The molecule has 2 heterocycles. The number of hydrogen-bond donors (Lipinski definition) is 0. The highest BCUT2D eigenvalue weighted by molar-refractivity contribution is 5.75. The largest absolute Gasteiger partial charge is 0.353 e. The van der Waals surface area contributed by atoms with Crippen molar-refractivity contribution in [2.75, 3.05) is 37.6 Å². The van der Waals surface area contributed by atoms with Crippen LogP contribution in [0, 0.1) is 0 Å². The first-order chi connectivity index (χ1) is 12.4. The lowest BCUT2D eigenvalue weighted by molar-refractivity contribution is 0.283. The van der Waals surface area contributed by atoms with E-state index in [1.165, 1.54) is 5.56 Å². The molecule has 0 saturated carbocycles. The van der Waals surface area contributed by atoms with Gasteiger partial charge in [-0.15, -0.1) is 0 Å². The van der Waals surface area contributed by atoms with E-state index in [0.29, 0.717) is 0 Å². The summed E-state index contributed by atoms with van der Waals surface area (Å²) < 4.78 is 0. The Morgan fingerprint density at radius 2 is 1.56 bits per heavy atom. The molecule has 25 heavy (non-hydrogen) atoms. The first-order valence-corrected chi connectivity index (χ1v) is 8.79. The zero-order chi connectivity index (χ0) is 16.9. The molecular weight excluding hydrogens is 308 g/mol. The summed E-state index contributed by atoms with van der Waals surface area (Å²) in [4.78, 5) is 14.1. The van der Waals surface area contributed by atoms with Crippen LogP contribution in [0.5, 0.6) is 0 Å². The van der Waals surface area contributed by atoms with E-state index in [2.05, 4.69) is 51.2 Å². The molecule has 2 aromatic carbocycles. The summed E-state index contributed by atoms with van der Waals surface area (Å²) in [5.74, 6) is 0.984. The first-order valence-electron chi connectivity index (χ1n) is 8.79. The minimum Gasteiger partial charge on any atom is -0.353 e. The quantitative estimate of drug-likeness (QED) is 0.733. The van der Waals surface area contributed by atoms with Crippen molar-refractivity contribution < 1.29 is 0 Å². The van der Waals surface area contributed by atoms with Crippen molar-refractivity contribution in [3.05, 3.63) is 72.4 Å². The summed E-state index contributed by atoms with van der Waals surface area (Å²) in [6.07, 6.45) is 6.34. The Kier molecular flexibility index (Phi) is 4.70. The molecule has 4 heteroatoms. The monoisotopic (exact) mass is 330 g/mol. The van der Waals surface area contributed by atoms with E-state index in [4.69, 9.17) is 4.98 Å². The number of hydrogen-bond acceptors (Lipinski definition) is 4. The molecule has 0 bridgehead atoms. The second-order valence-corrected chi connectivity index (χ2v) is 6.32. The molecule has 0 atom stereocenters. The molecule has 1 aromatic heterocycles. The highest BCUT2D eigenvalue weighted by atomic mass is 15.3. The van der Waals surface area contributed by atoms with Gasteiger partial charge in [-0.3, -0.25) is 9.88 Å². The lowest BCUT2D eigenvalue weighted by Crippen LogP contribution is -2.46. The number of piperazine rings is 1. The van der Waals surface area contributed by atoms with Crippen molar-refractivity contribution in [2.45, 2.75) is 0 Å². The number of aromatic nitrogens is 2. The third kappa shape index (κ3) is 3.86. The molecule has 0 N–H and O–H groups in total. The zero-order valence-corrected chi connectivity index (χ0v) is 14.3. The van der Waals surface area contributed by atoms with Crippen molar-refractivity contribution in [3.8, 4) is 0 Å². The van der Waals surface area contributed by atoms with Crippen LogP contribution in [-0.2, 0) is 0 Å². The van der Waals surface area contributed by atoms with Gasteiger partial charge in [0.25, 0.3) is 0 Å². The van der Waals surface area contributed by atoms with Crippen LogP contribution < -0.4 is 4.90 Å². The van der Waals surface area contributed by atoms with Gasteiger partial charge in [-0.05, 0) is 17.7 Å². The van der Waals surface area contributed by atoms with Crippen molar-refractivity contribution in [2.24, 2.45) is 0 Å². The van der Waals surface area contributed by atoms with Gasteiger partial charge in [0, 0.05) is 32.7 Å². The zero-order valence-electron chi connectivity index (χ0n) is 14.3. The molecule has 0 unspecified atom stereocenters. The fourth-order valence-electron chi connectivity index (χ4n) is 3.16. The van der Waals surface area contributed by atoms with E-state index in [1.807, 2.05) is 36.5 Å². The van der Waals surface area contributed by atoms with Gasteiger partial charge in [-0.25, -0.2) is 4.98 Å². The second-order valence-electron chi connectivity index (χ2n) is 6.32. The highest BCUT2D eigenvalue weighted by Gasteiger charge is 2.17. The molecule has 1 saturated heterocycles. The Hall–Kier alpha value is -2.72. The number of nitrogens with zero attached hydrogens (tertiary/aromatic N) is 4. The van der Waals surface area contributed by atoms with E-state index in [-0.39, 0.29) is 0 Å². The molecule has 126 valence electrons. The van der Waals surface area contributed by atoms with Gasteiger partial charge in [-0.2, -0.15) is 0 Å². The Morgan fingerprint density at radius 1 is 0.840 bits per heavy atom. The maximum absolute atomic E-state index is 4.76. The van der Waals surface area contributed by atoms with Crippen LogP contribution in [0.2, 0.25) is 0 Å². The summed E-state index contributed by atoms with van der Waals surface area (Å²) >= 11 is 0. The molecule has 0 amide bonds. The maximum atomic E-state index is 4.76. The Morgan fingerprint density at radius 3 is 2.36 bits per heavy atom. The summed E-state index contributed by atoms with van der Waals surface area (Å²) in [5, 5.41) is 0. The fourth-order valence-corrected chi connectivity index (χ4v) is 3.16. The van der Waals surface area contributed by atoms with E-state index >= 15 is 0 Å². The van der Waals surface area contributed by atoms with E-state index in [1.54, 1.807) is 0 Å². The number of fused-ring (bicyclic) bond motifs is 1. The van der Waals surface area contributed by atoms with Crippen LogP contribution in [0.3, 0.4) is 0 Å². The van der Waals surface area contributed by atoms with Gasteiger partial charge < -0.3 is 4.90 Å². The average molecular weight is 330 g/mol. The molecular formula is C21H22N4. The lowest BCUT2D eigenvalue weighted by Gasteiger charge is -2.34. The first kappa shape index (κ1) is 15.8. The van der Waals surface area contributed by atoms with E-state index in [0.717, 1.165) is 49.6 Å². The molecule has 1 aliphatic heterocycles. The SMILES string of the molecule is C(=Cc1ccccc1)CN1CCN(c2cnc3ccccc3n2)CC1. The molecule has 0 radical (unpaired) electrons. The van der Waals surface area contributed by atoms with Gasteiger partial charge in [-0.1, -0.05) is 54.6 Å². The number of anilines is 1. The minimum atomic E-state index is 0.955. The summed E-state index contributed by atoms with van der Waals surface area (Å²) in [7, 11) is 0. The van der Waals surface area contributed by atoms with Crippen molar-refractivity contribution in [1.29, 1.82) is 0 Å². The predicted molar refractivity (Wildman–Crippen MR) is 104 cm³/mol. The third-order valence-corrected chi connectivity index (χ3v) is 4.61. The average Bonchev–Trinajstić information content (AvgIpc) is 2.69. The van der Waals surface area contributed by atoms with Gasteiger partial charge >= 0.3 is 0 Å². The van der Waals surface area contributed by atoms with Gasteiger partial charge in [0.1, 0.15) is 5.82 Å². The highest BCUT2D eigenvalue weighted by Crippen LogP contribution is 2.17. The molecule has 4 rings (SSSR count). The second kappa shape index (κ2) is 7.45. The maximum Gasteiger partial charge on any atom is 0.147 e. The number of rotatable bonds is 4. The van der Waals surface area contributed by atoms with E-state index in [9.17, 15) is 0 Å². The molecule has 1 aliphatic rings. The van der Waals surface area contributed by atoms with Gasteiger partial charge in [0.2, 0.25) is 0 Å². The molecule has 1 fully saturated rings. The van der Waals surface area contributed by atoms with Crippen LogP contribution in [0.1, 0.15) is 5.56 Å². The van der Waals surface area contributed by atoms with Crippen LogP contribution >= 0.6 is 0 Å². The van der Waals surface area contributed by atoms with E-state index < -0.39 is 0 Å². The standard InChI is InChI=1S/C21H22N4/c1-2-7-18(8-3-1)9-6-12-24-13-15-25(16-14-24)21-17-22-19-10-4-5-11-20(19)23-21/h1-11,17H,12-16H2. The molecule has 4 nitrogen and oxygen atoms in total. The smallest absolute Gasteiger partial charge is 0.147 e. The van der Waals surface area contributed by atoms with Crippen molar-refractivity contribution in [1.82, 2.24) is 14.9 Å². The minimum absolute atomic E-state index is 0.955. The van der Waals surface area contributed by atoms with Crippen LogP contribution in [0.4, 0.5) is 5.82 Å². The predicted octanol–water partition coefficient (Wildman–Crippen LogP) is 3.47. The van der Waals surface area contributed by atoms with Crippen molar-refractivity contribution in [3.63, 3.8) is 0 Å². The Labute approximate surface area is 148 Å². The summed E-state index contributed by atoms with van der Waals surface area (Å²) in [6.45, 7) is 5.08. The van der Waals surface area contributed by atoms with Crippen LogP contribution in [0.25, 0.3) is 17.1 Å². The lowest BCUT2D eigenvalue weighted by atomic mass is 10.2. The molecule has 0 spiro atoms. The van der Waals surface area contributed by atoms with Gasteiger partial charge in [0.15, 0.2) is 0 Å². The number of benzene rings is 2. The molecule has 0 aliphatic carbocycles. The van der Waals surface area contributed by atoms with Crippen LogP contribution in [-0.4, -0.2) is 47.6 Å². The number of para-hydroxylation sites is 2. The topological polar surface area (TPSA) is 32.3 Å². The van der Waals surface area contributed by atoms with Crippen LogP contribution in [0.15, 0.2) is 66.9 Å². The Bertz CT molecular complexity index is 852. The fraction of sp³-hybridized carbons (Fsp3) is 0.238. The summed E-state index contributed by atoms with van der Waals surface area (Å²) in [5.41, 5.74) is 3.18. The molecule has 3 aromatic rings.